The third-order valence-corrected chi connectivity index (χ3v) is 4.58. The van der Waals surface area contributed by atoms with Gasteiger partial charge >= 0.3 is 0 Å². The van der Waals surface area contributed by atoms with Crippen LogP contribution in [0.1, 0.15) is 4.88 Å². The first-order chi connectivity index (χ1) is 8.08. The van der Waals surface area contributed by atoms with Crippen LogP contribution in [0, 0.1) is 0 Å². The molecule has 0 fully saturated rings. The van der Waals surface area contributed by atoms with E-state index in [0.717, 1.165) is 9.35 Å². The topological polar surface area (TPSA) is 50.9 Å². The number of pyridine rings is 1. The fourth-order valence-electron chi connectivity index (χ4n) is 1.22. The standard InChI is InChI=1S/C10H8BrCl2N3S/c11-5-1-2-17-8(5)4-15-10-7(13)3-6(12)9(14)16-10/h1-3H,4H2,(H3,14,15,16). The van der Waals surface area contributed by atoms with Crippen LogP contribution in [0.25, 0.3) is 0 Å². The molecule has 0 spiro atoms. The van der Waals surface area contributed by atoms with E-state index in [1.807, 2.05) is 11.4 Å². The van der Waals surface area contributed by atoms with Crippen LogP contribution in [0.4, 0.5) is 11.6 Å². The number of halogens is 3. The Balaban J connectivity index is 2.14. The van der Waals surface area contributed by atoms with Gasteiger partial charge in [0.25, 0.3) is 0 Å². The van der Waals surface area contributed by atoms with Gasteiger partial charge in [-0.3, -0.25) is 0 Å². The summed E-state index contributed by atoms with van der Waals surface area (Å²) in [6.07, 6.45) is 0. The Morgan fingerprint density at radius 2 is 2.18 bits per heavy atom. The van der Waals surface area contributed by atoms with E-state index in [9.17, 15) is 0 Å². The molecule has 90 valence electrons. The van der Waals surface area contributed by atoms with Gasteiger partial charge in [-0.2, -0.15) is 0 Å². The van der Waals surface area contributed by atoms with Crippen LogP contribution in [0.5, 0.6) is 0 Å². The summed E-state index contributed by atoms with van der Waals surface area (Å²) in [7, 11) is 0. The molecule has 0 unspecified atom stereocenters. The average molecular weight is 353 g/mol. The van der Waals surface area contributed by atoms with Crippen molar-refractivity contribution in [2.45, 2.75) is 6.54 Å². The number of nitrogen functional groups attached to an aromatic ring is 1. The van der Waals surface area contributed by atoms with Crippen LogP contribution in [-0.4, -0.2) is 4.98 Å². The van der Waals surface area contributed by atoms with Gasteiger partial charge in [-0.1, -0.05) is 23.2 Å². The highest BCUT2D eigenvalue weighted by atomic mass is 79.9. The molecule has 0 saturated heterocycles. The second kappa shape index (κ2) is 5.44. The van der Waals surface area contributed by atoms with Crippen molar-refractivity contribution in [2.24, 2.45) is 0 Å². The third kappa shape index (κ3) is 3.04. The minimum atomic E-state index is 0.267. The van der Waals surface area contributed by atoms with Crippen molar-refractivity contribution in [1.29, 1.82) is 0 Å². The van der Waals surface area contributed by atoms with Crippen molar-refractivity contribution < 1.29 is 0 Å². The minimum absolute atomic E-state index is 0.267. The van der Waals surface area contributed by atoms with Crippen LogP contribution >= 0.6 is 50.5 Å². The highest BCUT2D eigenvalue weighted by molar-refractivity contribution is 9.10. The van der Waals surface area contributed by atoms with E-state index in [-0.39, 0.29) is 5.82 Å². The Hall–Kier alpha value is -0.490. The summed E-state index contributed by atoms with van der Waals surface area (Å²) in [6, 6.07) is 3.57. The number of hydrogen-bond donors (Lipinski definition) is 2. The lowest BCUT2D eigenvalue weighted by Gasteiger charge is -2.08. The van der Waals surface area contributed by atoms with E-state index in [0.29, 0.717) is 22.4 Å². The Morgan fingerprint density at radius 1 is 1.41 bits per heavy atom. The average Bonchev–Trinajstić information content (AvgIpc) is 2.68. The van der Waals surface area contributed by atoms with Gasteiger partial charge < -0.3 is 11.1 Å². The van der Waals surface area contributed by atoms with Gasteiger partial charge in [0.1, 0.15) is 11.6 Å². The van der Waals surface area contributed by atoms with Crippen molar-refractivity contribution in [3.05, 3.63) is 36.9 Å². The Kier molecular flexibility index (Phi) is 4.14. The fraction of sp³-hybridized carbons (Fsp3) is 0.100. The third-order valence-electron chi connectivity index (χ3n) is 2.06. The maximum Gasteiger partial charge on any atom is 0.147 e. The maximum absolute atomic E-state index is 6.01. The molecule has 3 nitrogen and oxygen atoms in total. The molecule has 7 heteroatoms. The van der Waals surface area contributed by atoms with E-state index in [2.05, 4.69) is 26.2 Å². The molecule has 0 radical (unpaired) electrons. The van der Waals surface area contributed by atoms with Crippen molar-refractivity contribution in [3.8, 4) is 0 Å². The number of nitrogens with zero attached hydrogens (tertiary/aromatic N) is 1. The zero-order chi connectivity index (χ0) is 12.4. The molecule has 0 aliphatic heterocycles. The van der Waals surface area contributed by atoms with Crippen molar-refractivity contribution >= 4 is 62.1 Å². The molecule has 0 amide bonds. The van der Waals surface area contributed by atoms with Gasteiger partial charge in [-0.15, -0.1) is 11.3 Å². The normalized spacial score (nSPS) is 10.5. The summed E-state index contributed by atoms with van der Waals surface area (Å²) in [6.45, 7) is 0.631. The zero-order valence-electron chi connectivity index (χ0n) is 8.51. The Morgan fingerprint density at radius 3 is 2.82 bits per heavy atom. The molecule has 3 N–H and O–H groups in total. The molecular formula is C10H8BrCl2N3S. The molecule has 0 bridgehead atoms. The van der Waals surface area contributed by atoms with E-state index in [1.165, 1.54) is 0 Å². The van der Waals surface area contributed by atoms with Crippen LogP contribution in [0.15, 0.2) is 22.0 Å². The van der Waals surface area contributed by atoms with Gasteiger partial charge in [0.05, 0.1) is 16.6 Å². The predicted molar refractivity (Wildman–Crippen MR) is 78.0 cm³/mol. The number of thiophene rings is 1. The van der Waals surface area contributed by atoms with E-state index in [1.54, 1.807) is 17.4 Å². The number of hydrogen-bond acceptors (Lipinski definition) is 4. The Labute approximate surface area is 121 Å². The SMILES string of the molecule is Nc1nc(NCc2sccc2Br)c(Cl)cc1Cl. The molecule has 0 aromatic carbocycles. The second-order valence-electron chi connectivity index (χ2n) is 3.23. The quantitative estimate of drug-likeness (QED) is 0.860. The number of anilines is 2. The first-order valence-corrected chi connectivity index (χ1v) is 7.08. The van der Waals surface area contributed by atoms with Crippen LogP contribution < -0.4 is 11.1 Å². The van der Waals surface area contributed by atoms with E-state index >= 15 is 0 Å². The summed E-state index contributed by atoms with van der Waals surface area (Å²) >= 11 is 16.9. The van der Waals surface area contributed by atoms with Crippen molar-refractivity contribution in [3.63, 3.8) is 0 Å². The highest BCUT2D eigenvalue weighted by Crippen LogP contribution is 2.29. The van der Waals surface area contributed by atoms with E-state index in [4.69, 9.17) is 28.9 Å². The molecule has 2 aromatic heterocycles. The summed E-state index contributed by atoms with van der Waals surface area (Å²) in [5.74, 6) is 0.803. The lowest BCUT2D eigenvalue weighted by Crippen LogP contribution is -2.03. The second-order valence-corrected chi connectivity index (χ2v) is 5.90. The number of rotatable bonds is 3. The van der Waals surface area contributed by atoms with Gasteiger partial charge in [0.2, 0.25) is 0 Å². The van der Waals surface area contributed by atoms with Crippen LogP contribution in [0.2, 0.25) is 10.0 Å². The molecule has 0 saturated carbocycles. The zero-order valence-corrected chi connectivity index (χ0v) is 12.4. The molecule has 2 rings (SSSR count). The van der Waals surface area contributed by atoms with Gasteiger partial charge in [-0.25, -0.2) is 4.98 Å². The lowest BCUT2D eigenvalue weighted by atomic mass is 10.4. The summed E-state index contributed by atoms with van der Waals surface area (Å²) in [4.78, 5) is 5.26. The smallest absolute Gasteiger partial charge is 0.147 e. The van der Waals surface area contributed by atoms with Crippen LogP contribution in [0.3, 0.4) is 0 Å². The predicted octanol–water partition coefficient (Wildman–Crippen LogP) is 4.41. The molecule has 0 aliphatic carbocycles. The van der Waals surface area contributed by atoms with Gasteiger partial charge in [0.15, 0.2) is 0 Å². The van der Waals surface area contributed by atoms with Crippen molar-refractivity contribution in [1.82, 2.24) is 4.98 Å². The van der Waals surface area contributed by atoms with Gasteiger partial charge in [0, 0.05) is 9.35 Å². The fourth-order valence-corrected chi connectivity index (χ4v) is 3.08. The summed E-state index contributed by atoms with van der Waals surface area (Å²) in [5, 5.41) is 5.94. The van der Waals surface area contributed by atoms with E-state index < -0.39 is 0 Å². The minimum Gasteiger partial charge on any atom is -0.382 e. The summed E-state index contributed by atoms with van der Waals surface area (Å²) in [5.41, 5.74) is 5.62. The largest absolute Gasteiger partial charge is 0.382 e. The molecule has 17 heavy (non-hydrogen) atoms. The highest BCUT2D eigenvalue weighted by Gasteiger charge is 2.08. The number of aromatic nitrogens is 1. The molecule has 2 aromatic rings. The van der Waals surface area contributed by atoms with Crippen LogP contribution in [-0.2, 0) is 6.54 Å². The molecular weight excluding hydrogens is 345 g/mol. The lowest BCUT2D eigenvalue weighted by molar-refractivity contribution is 1.14. The monoisotopic (exact) mass is 351 g/mol. The Bertz CT molecular complexity index is 544. The maximum atomic E-state index is 6.01. The molecule has 0 aliphatic rings. The first kappa shape index (κ1) is 13.0. The molecule has 2 heterocycles. The first-order valence-electron chi connectivity index (χ1n) is 4.65. The number of nitrogens with two attached hydrogens (primary N) is 1. The molecule has 0 atom stereocenters. The summed E-state index contributed by atoms with van der Waals surface area (Å²) < 4.78 is 1.06. The number of nitrogens with one attached hydrogen (secondary N) is 1. The van der Waals surface area contributed by atoms with Gasteiger partial charge in [-0.05, 0) is 33.4 Å². The van der Waals surface area contributed by atoms with Crippen molar-refractivity contribution in [2.75, 3.05) is 11.1 Å².